The number of nitrogen functional groups attached to an aromatic ring is 1. The summed E-state index contributed by atoms with van der Waals surface area (Å²) in [6.45, 7) is 4.51. The molecular weight excluding hydrogens is 216 g/mol. The van der Waals surface area contributed by atoms with E-state index in [2.05, 4.69) is 24.1 Å². The summed E-state index contributed by atoms with van der Waals surface area (Å²) in [7, 11) is 0. The molecule has 1 unspecified atom stereocenters. The van der Waals surface area contributed by atoms with Gasteiger partial charge in [-0.3, -0.25) is 0 Å². The predicted octanol–water partition coefficient (Wildman–Crippen LogP) is 1.35. The maximum atomic E-state index is 9.69. The summed E-state index contributed by atoms with van der Waals surface area (Å²) >= 11 is 0. The average molecular weight is 234 g/mol. The minimum absolute atomic E-state index is 0.404. The van der Waals surface area contributed by atoms with E-state index in [1.165, 1.54) is 6.20 Å². The van der Waals surface area contributed by atoms with E-state index < -0.39 is 6.10 Å². The fourth-order valence-corrected chi connectivity index (χ4v) is 1.53. The molecule has 4 N–H and O–H groups in total. The van der Waals surface area contributed by atoms with E-state index in [-0.39, 0.29) is 0 Å². The molecule has 17 heavy (non-hydrogen) atoms. The van der Waals surface area contributed by atoms with E-state index in [0.717, 1.165) is 6.42 Å². The van der Waals surface area contributed by atoms with Gasteiger partial charge in [-0.25, -0.2) is 4.98 Å². The lowest BCUT2D eigenvalue weighted by atomic mass is 10.1. The minimum atomic E-state index is -0.424. The Morgan fingerprint density at radius 1 is 1.59 bits per heavy atom. The number of aromatic nitrogens is 1. The molecule has 0 saturated heterocycles. The molecule has 0 aliphatic carbocycles. The number of nitriles is 1. The van der Waals surface area contributed by atoms with Crippen molar-refractivity contribution in [2.75, 3.05) is 17.6 Å². The second-order valence-electron chi connectivity index (χ2n) is 4.44. The van der Waals surface area contributed by atoms with Crippen LogP contribution < -0.4 is 11.1 Å². The number of nitrogens with zero attached hydrogens (tertiary/aromatic N) is 2. The number of hydrogen-bond donors (Lipinski definition) is 3. The molecule has 0 saturated carbocycles. The highest BCUT2D eigenvalue weighted by atomic mass is 16.3. The molecule has 0 aromatic carbocycles. The van der Waals surface area contributed by atoms with Gasteiger partial charge in [-0.2, -0.15) is 5.26 Å². The number of rotatable bonds is 5. The Balaban J connectivity index is 2.55. The zero-order valence-corrected chi connectivity index (χ0v) is 10.1. The SMILES string of the molecule is CC(C)CC(O)CNc1ncc(C#N)cc1N. The molecule has 0 aliphatic heterocycles. The summed E-state index contributed by atoms with van der Waals surface area (Å²) in [5, 5.41) is 21.3. The number of pyridine rings is 1. The fourth-order valence-electron chi connectivity index (χ4n) is 1.53. The van der Waals surface area contributed by atoms with Crippen LogP contribution in [-0.4, -0.2) is 22.7 Å². The molecule has 5 nitrogen and oxygen atoms in total. The van der Waals surface area contributed by atoms with E-state index in [0.29, 0.717) is 29.5 Å². The Labute approximate surface area is 101 Å². The highest BCUT2D eigenvalue weighted by molar-refractivity contribution is 5.63. The zero-order chi connectivity index (χ0) is 12.8. The lowest BCUT2D eigenvalue weighted by Gasteiger charge is -2.15. The summed E-state index contributed by atoms with van der Waals surface area (Å²) in [6, 6.07) is 3.53. The van der Waals surface area contributed by atoms with Crippen LogP contribution in [0.5, 0.6) is 0 Å². The topological polar surface area (TPSA) is 95.0 Å². The van der Waals surface area contributed by atoms with Crippen LogP contribution in [0.1, 0.15) is 25.8 Å². The minimum Gasteiger partial charge on any atom is -0.396 e. The molecule has 0 aliphatic rings. The van der Waals surface area contributed by atoms with Crippen LogP contribution >= 0.6 is 0 Å². The quantitative estimate of drug-likeness (QED) is 0.715. The van der Waals surface area contributed by atoms with Gasteiger partial charge in [-0.1, -0.05) is 13.8 Å². The molecule has 0 fully saturated rings. The summed E-state index contributed by atoms with van der Waals surface area (Å²) in [5.74, 6) is 0.949. The molecule has 92 valence electrons. The number of aliphatic hydroxyl groups excluding tert-OH is 1. The van der Waals surface area contributed by atoms with Crippen molar-refractivity contribution in [2.24, 2.45) is 5.92 Å². The molecular formula is C12H18N4O. The van der Waals surface area contributed by atoms with Crippen LogP contribution in [0.15, 0.2) is 12.3 Å². The molecule has 1 rings (SSSR count). The van der Waals surface area contributed by atoms with Crippen molar-refractivity contribution in [3.05, 3.63) is 17.8 Å². The smallest absolute Gasteiger partial charge is 0.149 e. The summed E-state index contributed by atoms with van der Waals surface area (Å²) in [5.41, 5.74) is 6.57. The predicted molar refractivity (Wildman–Crippen MR) is 67.3 cm³/mol. The third-order valence-corrected chi connectivity index (χ3v) is 2.29. The van der Waals surface area contributed by atoms with Gasteiger partial charge in [0.1, 0.15) is 11.9 Å². The number of nitrogens with one attached hydrogen (secondary N) is 1. The standard InChI is InChI=1S/C12H18N4O/c1-8(2)3-10(17)7-16-12-11(14)4-9(5-13)6-15-12/h4,6,8,10,17H,3,7,14H2,1-2H3,(H,15,16). The normalized spacial score (nSPS) is 12.2. The summed E-state index contributed by atoms with van der Waals surface area (Å²) < 4.78 is 0. The van der Waals surface area contributed by atoms with Gasteiger partial charge in [-0.05, 0) is 18.4 Å². The molecule has 1 atom stereocenters. The molecule has 1 aromatic rings. The first-order chi connectivity index (χ1) is 8.02. The van der Waals surface area contributed by atoms with E-state index >= 15 is 0 Å². The Kier molecular flexibility index (Phi) is 4.73. The van der Waals surface area contributed by atoms with Gasteiger partial charge < -0.3 is 16.2 Å². The number of nitrogens with two attached hydrogens (primary N) is 1. The highest BCUT2D eigenvalue weighted by Gasteiger charge is 2.08. The molecule has 0 spiro atoms. The molecule has 5 heteroatoms. The van der Waals surface area contributed by atoms with E-state index in [1.807, 2.05) is 6.07 Å². The number of aliphatic hydroxyl groups is 1. The van der Waals surface area contributed by atoms with Crippen LogP contribution in [0, 0.1) is 17.2 Å². The van der Waals surface area contributed by atoms with Crippen LogP contribution in [0.4, 0.5) is 11.5 Å². The third kappa shape index (κ3) is 4.29. The maximum absolute atomic E-state index is 9.69. The van der Waals surface area contributed by atoms with Crippen LogP contribution in [0.2, 0.25) is 0 Å². The highest BCUT2D eigenvalue weighted by Crippen LogP contribution is 2.16. The van der Waals surface area contributed by atoms with Gasteiger partial charge >= 0.3 is 0 Å². The monoisotopic (exact) mass is 234 g/mol. The molecule has 0 radical (unpaired) electrons. The van der Waals surface area contributed by atoms with Crippen LogP contribution in [0.3, 0.4) is 0 Å². The largest absolute Gasteiger partial charge is 0.396 e. The maximum Gasteiger partial charge on any atom is 0.149 e. The van der Waals surface area contributed by atoms with Crippen molar-refractivity contribution in [1.29, 1.82) is 5.26 Å². The van der Waals surface area contributed by atoms with E-state index in [1.54, 1.807) is 6.07 Å². The first-order valence-electron chi connectivity index (χ1n) is 5.60. The van der Waals surface area contributed by atoms with E-state index in [4.69, 9.17) is 11.0 Å². The second-order valence-corrected chi connectivity index (χ2v) is 4.44. The van der Waals surface area contributed by atoms with Gasteiger partial charge in [0.15, 0.2) is 0 Å². The summed E-state index contributed by atoms with van der Waals surface area (Å²) in [4.78, 5) is 4.03. The zero-order valence-electron chi connectivity index (χ0n) is 10.1. The van der Waals surface area contributed by atoms with Gasteiger partial charge in [0.2, 0.25) is 0 Å². The van der Waals surface area contributed by atoms with Gasteiger partial charge in [0.05, 0.1) is 17.4 Å². The molecule has 1 heterocycles. The van der Waals surface area contributed by atoms with Crippen molar-refractivity contribution in [2.45, 2.75) is 26.4 Å². The van der Waals surface area contributed by atoms with Crippen molar-refractivity contribution < 1.29 is 5.11 Å². The van der Waals surface area contributed by atoms with Gasteiger partial charge in [0.25, 0.3) is 0 Å². The third-order valence-electron chi connectivity index (χ3n) is 2.29. The summed E-state index contributed by atoms with van der Waals surface area (Å²) in [6.07, 6.45) is 1.75. The van der Waals surface area contributed by atoms with Crippen molar-refractivity contribution in [3.8, 4) is 6.07 Å². The molecule has 0 amide bonds. The average Bonchev–Trinajstić information content (AvgIpc) is 2.26. The van der Waals surface area contributed by atoms with Crippen molar-refractivity contribution >= 4 is 11.5 Å². The first kappa shape index (κ1) is 13.3. The van der Waals surface area contributed by atoms with Crippen molar-refractivity contribution in [1.82, 2.24) is 4.98 Å². The van der Waals surface area contributed by atoms with Crippen LogP contribution in [0.25, 0.3) is 0 Å². The lowest BCUT2D eigenvalue weighted by Crippen LogP contribution is -2.22. The van der Waals surface area contributed by atoms with Crippen molar-refractivity contribution in [3.63, 3.8) is 0 Å². The van der Waals surface area contributed by atoms with Gasteiger partial charge in [-0.15, -0.1) is 0 Å². The molecule has 1 aromatic heterocycles. The Bertz CT molecular complexity index is 411. The Morgan fingerprint density at radius 3 is 2.82 bits per heavy atom. The lowest BCUT2D eigenvalue weighted by molar-refractivity contribution is 0.161. The Hall–Kier alpha value is -1.80. The second kappa shape index (κ2) is 6.06. The Morgan fingerprint density at radius 2 is 2.29 bits per heavy atom. The number of hydrogen-bond acceptors (Lipinski definition) is 5. The van der Waals surface area contributed by atoms with E-state index in [9.17, 15) is 5.11 Å². The van der Waals surface area contributed by atoms with Gasteiger partial charge in [0, 0.05) is 12.7 Å². The molecule has 0 bridgehead atoms. The number of anilines is 2. The first-order valence-corrected chi connectivity index (χ1v) is 5.60. The fraction of sp³-hybridized carbons (Fsp3) is 0.500. The van der Waals surface area contributed by atoms with Crippen LogP contribution in [-0.2, 0) is 0 Å².